The predicted molar refractivity (Wildman–Crippen MR) is 27.0 cm³/mol. The summed E-state index contributed by atoms with van der Waals surface area (Å²) in [4.78, 5) is 0. The van der Waals surface area contributed by atoms with Crippen molar-refractivity contribution >= 4 is 11.4 Å². The lowest BCUT2D eigenvalue weighted by Gasteiger charge is -1.98. The van der Waals surface area contributed by atoms with E-state index in [1.807, 2.05) is 0 Å². The van der Waals surface area contributed by atoms with Crippen molar-refractivity contribution in [1.29, 1.82) is 0 Å². The van der Waals surface area contributed by atoms with E-state index >= 15 is 0 Å². The Kier molecular flexibility index (Phi) is 3.94. The van der Waals surface area contributed by atoms with Gasteiger partial charge in [-0.3, -0.25) is 4.55 Å². The van der Waals surface area contributed by atoms with Crippen LogP contribution in [0.2, 0.25) is 0 Å². The van der Waals surface area contributed by atoms with Crippen molar-refractivity contribution in [2.24, 2.45) is 0 Å². The van der Waals surface area contributed by atoms with Gasteiger partial charge in [-0.1, -0.05) is 6.92 Å². The fourth-order valence-corrected chi connectivity index (χ4v) is 0.472. The van der Waals surface area contributed by atoms with Crippen LogP contribution >= 0.6 is 0 Å². The molecule has 0 aliphatic rings. The maximum Gasteiger partial charge on any atom is 0.304 e. The van der Waals surface area contributed by atoms with Crippen LogP contribution in [-0.4, -0.2) is 15.1 Å². The van der Waals surface area contributed by atoms with E-state index in [-0.39, 0.29) is 6.42 Å². The van der Waals surface area contributed by atoms with E-state index in [1.165, 1.54) is 6.92 Å². The summed E-state index contributed by atoms with van der Waals surface area (Å²) in [7, 11) is 0. The molecule has 8 heavy (non-hydrogen) atoms. The minimum Gasteiger partial charge on any atom is -0.284 e. The van der Waals surface area contributed by atoms with E-state index in [2.05, 4.69) is 4.18 Å². The number of rotatable bonds is 3. The molecule has 0 aromatic heterocycles. The van der Waals surface area contributed by atoms with Crippen LogP contribution in [0.1, 0.15) is 13.3 Å². The van der Waals surface area contributed by atoms with Crippen molar-refractivity contribution in [2.75, 3.05) is 0 Å². The smallest absolute Gasteiger partial charge is 0.284 e. The first kappa shape index (κ1) is 8.00. The maximum absolute atomic E-state index is 11.8. The van der Waals surface area contributed by atoms with Crippen LogP contribution in [0.5, 0.6) is 0 Å². The molecule has 50 valence electrons. The van der Waals surface area contributed by atoms with Crippen LogP contribution in [0, 0.1) is 0 Å². The van der Waals surface area contributed by atoms with E-state index in [0.29, 0.717) is 0 Å². The molecule has 0 fully saturated rings. The van der Waals surface area contributed by atoms with Crippen LogP contribution < -0.4 is 0 Å². The van der Waals surface area contributed by atoms with Crippen LogP contribution in [0.15, 0.2) is 0 Å². The summed E-state index contributed by atoms with van der Waals surface area (Å²) in [5, 5.41) is 0. The highest BCUT2D eigenvalue weighted by Crippen LogP contribution is 1.98. The van der Waals surface area contributed by atoms with Gasteiger partial charge in [0.05, 0.1) is 0 Å². The molecule has 0 radical (unpaired) electrons. The zero-order chi connectivity index (χ0) is 6.57. The molecule has 0 aromatic rings. The maximum atomic E-state index is 11.8. The molecule has 5 heteroatoms. The van der Waals surface area contributed by atoms with Gasteiger partial charge in [0.1, 0.15) is 0 Å². The van der Waals surface area contributed by atoms with Crippen LogP contribution in [0.25, 0.3) is 0 Å². The van der Waals surface area contributed by atoms with Gasteiger partial charge in [-0.25, -0.2) is 8.57 Å². The largest absolute Gasteiger partial charge is 0.304 e. The van der Waals surface area contributed by atoms with Gasteiger partial charge in [-0.2, -0.15) is 4.21 Å². The van der Waals surface area contributed by atoms with Gasteiger partial charge >= 0.3 is 11.4 Å². The molecule has 0 aliphatic carbocycles. The SMILES string of the molecule is CCC(F)OS(=O)O. The van der Waals surface area contributed by atoms with Crippen molar-refractivity contribution in [3.63, 3.8) is 0 Å². The van der Waals surface area contributed by atoms with Crippen molar-refractivity contribution in [3.8, 4) is 0 Å². The lowest BCUT2D eigenvalue weighted by atomic mass is 10.5. The number of hydrogen-bond donors (Lipinski definition) is 1. The monoisotopic (exact) mass is 142 g/mol. The van der Waals surface area contributed by atoms with Gasteiger partial charge in [0.2, 0.25) is 6.36 Å². The Morgan fingerprint density at radius 1 is 2.00 bits per heavy atom. The molecule has 0 heterocycles. The summed E-state index contributed by atoms with van der Waals surface area (Å²) in [5.41, 5.74) is 0. The summed E-state index contributed by atoms with van der Waals surface area (Å²) in [5.74, 6) is 0. The zero-order valence-electron chi connectivity index (χ0n) is 4.33. The van der Waals surface area contributed by atoms with Crippen molar-refractivity contribution in [1.82, 2.24) is 0 Å². The van der Waals surface area contributed by atoms with Crippen molar-refractivity contribution < 1.29 is 17.3 Å². The first-order chi connectivity index (χ1) is 3.66. The summed E-state index contributed by atoms with van der Waals surface area (Å²) in [6.45, 7) is 1.51. The molecule has 0 saturated heterocycles. The second kappa shape index (κ2) is 3.94. The normalized spacial score (nSPS) is 17.9. The lowest BCUT2D eigenvalue weighted by molar-refractivity contribution is 0.0691. The minimum absolute atomic E-state index is 0.0896. The van der Waals surface area contributed by atoms with Gasteiger partial charge in [0.15, 0.2) is 0 Å². The molecular formula is C3H7FO3S. The van der Waals surface area contributed by atoms with E-state index < -0.39 is 17.7 Å². The second-order valence-electron chi connectivity index (χ2n) is 1.13. The van der Waals surface area contributed by atoms with Crippen LogP contribution in [-0.2, 0) is 15.5 Å². The molecular weight excluding hydrogens is 135 g/mol. The highest BCUT2D eigenvalue weighted by molar-refractivity contribution is 7.74. The average Bonchev–Trinajstić information content (AvgIpc) is 1.65. The predicted octanol–water partition coefficient (Wildman–Crippen LogP) is 0.845. The van der Waals surface area contributed by atoms with E-state index in [0.717, 1.165) is 0 Å². The number of halogens is 1. The van der Waals surface area contributed by atoms with Gasteiger partial charge in [-0.15, -0.1) is 0 Å². The molecule has 0 aromatic carbocycles. The summed E-state index contributed by atoms with van der Waals surface area (Å²) < 4.78 is 33.0. The van der Waals surface area contributed by atoms with Gasteiger partial charge in [0, 0.05) is 6.42 Å². The molecule has 2 unspecified atom stereocenters. The number of hydrogen-bond acceptors (Lipinski definition) is 2. The Morgan fingerprint density at radius 2 is 2.50 bits per heavy atom. The van der Waals surface area contributed by atoms with Crippen LogP contribution in [0.4, 0.5) is 4.39 Å². The van der Waals surface area contributed by atoms with Gasteiger partial charge in [-0.05, 0) is 0 Å². The molecule has 0 saturated carbocycles. The highest BCUT2D eigenvalue weighted by atomic mass is 32.2. The fraction of sp³-hybridized carbons (Fsp3) is 1.00. The molecule has 0 rings (SSSR count). The molecule has 0 amide bonds. The Morgan fingerprint density at radius 3 is 2.62 bits per heavy atom. The highest BCUT2D eigenvalue weighted by Gasteiger charge is 2.04. The zero-order valence-corrected chi connectivity index (χ0v) is 5.15. The third-order valence-corrected chi connectivity index (χ3v) is 0.881. The summed E-state index contributed by atoms with van der Waals surface area (Å²) in [6, 6.07) is 0. The van der Waals surface area contributed by atoms with E-state index in [1.54, 1.807) is 0 Å². The van der Waals surface area contributed by atoms with E-state index in [9.17, 15) is 8.60 Å². The first-order valence-corrected chi connectivity index (χ1v) is 3.12. The Bertz CT molecular complexity index is 86.6. The Labute approximate surface area is 49.3 Å². The molecule has 0 bridgehead atoms. The topological polar surface area (TPSA) is 46.5 Å². The lowest BCUT2D eigenvalue weighted by Crippen LogP contribution is -2.05. The third kappa shape index (κ3) is 4.17. The second-order valence-corrected chi connectivity index (χ2v) is 1.76. The van der Waals surface area contributed by atoms with Gasteiger partial charge in [0.25, 0.3) is 0 Å². The molecule has 2 atom stereocenters. The fourth-order valence-electron chi connectivity index (χ4n) is 0.157. The Balaban J connectivity index is 3.24. The standard InChI is InChI=1S/C3H7FO3S/c1-2-3(4)7-8(5)6/h3H,2H2,1H3,(H,5,6). The Hall–Kier alpha value is -0.0000000000000000486. The molecule has 3 nitrogen and oxygen atoms in total. The van der Waals surface area contributed by atoms with Crippen molar-refractivity contribution in [2.45, 2.75) is 19.7 Å². The minimum atomic E-state index is -2.47. The van der Waals surface area contributed by atoms with Gasteiger partial charge < -0.3 is 0 Å². The summed E-state index contributed by atoms with van der Waals surface area (Å²) >= 11 is -2.47. The average molecular weight is 142 g/mol. The van der Waals surface area contributed by atoms with E-state index in [4.69, 9.17) is 4.55 Å². The third-order valence-electron chi connectivity index (χ3n) is 0.508. The molecule has 0 aliphatic heterocycles. The van der Waals surface area contributed by atoms with Crippen molar-refractivity contribution in [3.05, 3.63) is 0 Å². The first-order valence-electron chi connectivity index (χ1n) is 2.09. The molecule has 1 N–H and O–H groups in total. The molecule has 0 spiro atoms. The quantitative estimate of drug-likeness (QED) is 0.594. The number of alkyl halides is 1. The van der Waals surface area contributed by atoms with Crippen LogP contribution in [0.3, 0.4) is 0 Å². The summed E-state index contributed by atoms with van der Waals surface area (Å²) in [6.07, 6.45) is -1.53.